The first-order valence-corrected chi connectivity index (χ1v) is 10.3. The topological polar surface area (TPSA) is 25.8 Å². The van der Waals surface area contributed by atoms with Crippen molar-refractivity contribution in [3.8, 4) is 22.5 Å². The van der Waals surface area contributed by atoms with Crippen LogP contribution in [0.25, 0.3) is 22.5 Å². The molecule has 0 saturated heterocycles. The Morgan fingerprint density at radius 1 is 0.519 bits per heavy atom. The molecule has 0 aliphatic heterocycles. The molecule has 0 atom stereocenters. The second-order valence-corrected chi connectivity index (χ2v) is 8.32. The Hall–Kier alpha value is -3.18. The summed E-state index contributed by atoms with van der Waals surface area (Å²) in [4.78, 5) is 8.55. The maximum atomic E-state index is 15.9. The number of hydrogen-bond donors (Lipinski definition) is 0. The van der Waals surface area contributed by atoms with E-state index in [1.807, 2.05) is 0 Å². The lowest BCUT2D eigenvalue weighted by Gasteiger charge is -2.20. The van der Waals surface area contributed by atoms with Crippen LogP contribution in [0.2, 0.25) is 0 Å². The Morgan fingerprint density at radius 2 is 0.926 bits per heavy atom. The molecule has 2 nitrogen and oxygen atoms in total. The van der Waals surface area contributed by atoms with Crippen LogP contribution >= 0.6 is 0 Å². The molecule has 4 rings (SSSR count). The van der Waals surface area contributed by atoms with Crippen LogP contribution < -0.4 is 10.4 Å². The molecule has 0 radical (unpaired) electrons. The predicted octanol–water partition coefficient (Wildman–Crippen LogP) is 4.31. The SMILES string of the molecule is F[Si](F)(c1ccccc1-c1ccccn1)c1ccccc1-c1ccccn1. The highest BCUT2D eigenvalue weighted by molar-refractivity contribution is 6.93. The predicted molar refractivity (Wildman–Crippen MR) is 107 cm³/mol. The van der Waals surface area contributed by atoms with Gasteiger partial charge in [0, 0.05) is 33.9 Å². The molecule has 0 unspecified atom stereocenters. The molecule has 2 aromatic carbocycles. The summed E-state index contributed by atoms with van der Waals surface area (Å²) in [6.07, 6.45) is 3.24. The highest BCUT2D eigenvalue weighted by atomic mass is 28.4. The summed E-state index contributed by atoms with van der Waals surface area (Å²) < 4.78 is 31.7. The molecule has 0 aliphatic carbocycles. The Kier molecular flexibility index (Phi) is 4.60. The lowest BCUT2D eigenvalue weighted by Crippen LogP contribution is -2.52. The zero-order chi connectivity index (χ0) is 18.7. The smallest absolute Gasteiger partial charge is 0.259 e. The van der Waals surface area contributed by atoms with Crippen LogP contribution in [0.4, 0.5) is 8.22 Å². The van der Waals surface area contributed by atoms with Gasteiger partial charge >= 0.3 is 8.74 Å². The zero-order valence-electron chi connectivity index (χ0n) is 14.4. The van der Waals surface area contributed by atoms with Gasteiger partial charge in [-0.3, -0.25) is 18.2 Å². The number of benzene rings is 2. The molecule has 4 aromatic rings. The third kappa shape index (κ3) is 3.29. The fourth-order valence-corrected chi connectivity index (χ4v) is 5.15. The summed E-state index contributed by atoms with van der Waals surface area (Å²) in [6, 6.07) is 24.0. The van der Waals surface area contributed by atoms with E-state index in [1.54, 1.807) is 85.2 Å². The van der Waals surface area contributed by atoms with E-state index < -0.39 is 8.74 Å². The Balaban J connectivity index is 1.90. The van der Waals surface area contributed by atoms with Gasteiger partial charge in [-0.05, 0) is 24.3 Å². The number of rotatable bonds is 4. The van der Waals surface area contributed by atoms with Gasteiger partial charge in [0.15, 0.2) is 0 Å². The quantitative estimate of drug-likeness (QED) is 0.393. The van der Waals surface area contributed by atoms with Crippen molar-refractivity contribution in [1.82, 2.24) is 9.97 Å². The van der Waals surface area contributed by atoms with Crippen LogP contribution in [-0.4, -0.2) is 18.7 Å². The molecule has 2 heterocycles. The molecule has 0 spiro atoms. The van der Waals surface area contributed by atoms with Gasteiger partial charge in [-0.2, -0.15) is 0 Å². The standard InChI is InChI=1S/C22H16F2N2Si/c23-27(24,21-13-3-1-9-17(21)19-11-5-7-15-25-19)22-14-4-2-10-18(22)20-12-6-8-16-26-20/h1-16H. The number of aromatic nitrogens is 2. The second kappa shape index (κ2) is 7.21. The molecule has 0 N–H and O–H groups in total. The van der Waals surface area contributed by atoms with Crippen LogP contribution in [0.1, 0.15) is 0 Å². The molecular formula is C22H16F2N2Si. The van der Waals surface area contributed by atoms with Gasteiger partial charge < -0.3 is 0 Å². The van der Waals surface area contributed by atoms with Gasteiger partial charge in [0.25, 0.3) is 0 Å². The van der Waals surface area contributed by atoms with Gasteiger partial charge in [-0.25, -0.2) is 0 Å². The van der Waals surface area contributed by atoms with E-state index >= 15 is 8.22 Å². The summed E-state index contributed by atoms with van der Waals surface area (Å²) >= 11 is 0. The van der Waals surface area contributed by atoms with Crippen LogP contribution in [0.5, 0.6) is 0 Å². The summed E-state index contributed by atoms with van der Waals surface area (Å²) in [5.74, 6) is 0. The third-order valence-corrected chi connectivity index (χ3v) is 6.64. The molecular weight excluding hydrogens is 358 g/mol. The highest BCUT2D eigenvalue weighted by Gasteiger charge is 2.44. The van der Waals surface area contributed by atoms with Crippen molar-refractivity contribution in [2.45, 2.75) is 0 Å². The molecule has 0 amide bonds. The summed E-state index contributed by atoms with van der Waals surface area (Å²) in [5, 5.41) is 0.124. The average Bonchev–Trinajstić information content (AvgIpc) is 2.75. The van der Waals surface area contributed by atoms with Crippen molar-refractivity contribution >= 4 is 19.1 Å². The largest absolute Gasteiger partial charge is 0.488 e. The first-order chi connectivity index (χ1) is 13.2. The van der Waals surface area contributed by atoms with E-state index in [2.05, 4.69) is 9.97 Å². The van der Waals surface area contributed by atoms with Crippen molar-refractivity contribution in [3.05, 3.63) is 97.3 Å². The maximum absolute atomic E-state index is 15.9. The van der Waals surface area contributed by atoms with E-state index in [9.17, 15) is 0 Å². The number of pyridine rings is 2. The molecule has 0 saturated carbocycles. The highest BCUT2D eigenvalue weighted by Crippen LogP contribution is 2.24. The Morgan fingerprint density at radius 3 is 1.33 bits per heavy atom. The zero-order valence-corrected chi connectivity index (χ0v) is 15.4. The van der Waals surface area contributed by atoms with Crippen LogP contribution in [0, 0.1) is 0 Å². The number of hydrogen-bond acceptors (Lipinski definition) is 2. The minimum absolute atomic E-state index is 0.0621. The van der Waals surface area contributed by atoms with Crippen molar-refractivity contribution in [1.29, 1.82) is 0 Å². The first kappa shape index (κ1) is 17.2. The minimum atomic E-state index is -4.99. The first-order valence-electron chi connectivity index (χ1n) is 8.57. The van der Waals surface area contributed by atoms with Gasteiger partial charge in [0.2, 0.25) is 0 Å². The van der Waals surface area contributed by atoms with E-state index in [0.717, 1.165) is 0 Å². The van der Waals surface area contributed by atoms with Crippen molar-refractivity contribution < 1.29 is 8.22 Å². The fraction of sp³-hybridized carbons (Fsp3) is 0. The molecule has 132 valence electrons. The van der Waals surface area contributed by atoms with Gasteiger partial charge in [-0.15, -0.1) is 0 Å². The number of nitrogens with zero attached hydrogens (tertiary/aromatic N) is 2. The molecule has 5 heteroatoms. The van der Waals surface area contributed by atoms with Crippen molar-refractivity contribution in [3.63, 3.8) is 0 Å². The van der Waals surface area contributed by atoms with Gasteiger partial charge in [0.05, 0.1) is 11.4 Å². The normalized spacial score (nSPS) is 11.3. The van der Waals surface area contributed by atoms with Gasteiger partial charge in [-0.1, -0.05) is 60.7 Å². The lowest BCUT2D eigenvalue weighted by atomic mass is 10.1. The molecule has 0 fully saturated rings. The molecule has 2 aromatic heterocycles. The van der Waals surface area contributed by atoms with E-state index in [0.29, 0.717) is 22.5 Å². The monoisotopic (exact) mass is 374 g/mol. The Bertz CT molecular complexity index is 969. The summed E-state index contributed by atoms with van der Waals surface area (Å²) in [6.45, 7) is 0. The van der Waals surface area contributed by atoms with E-state index in [-0.39, 0.29) is 10.4 Å². The van der Waals surface area contributed by atoms with Crippen LogP contribution in [0.3, 0.4) is 0 Å². The minimum Gasteiger partial charge on any atom is -0.259 e. The summed E-state index contributed by atoms with van der Waals surface area (Å²) in [5.41, 5.74) is 2.06. The van der Waals surface area contributed by atoms with E-state index in [1.165, 1.54) is 12.1 Å². The molecule has 0 bridgehead atoms. The molecule has 27 heavy (non-hydrogen) atoms. The van der Waals surface area contributed by atoms with Gasteiger partial charge in [0.1, 0.15) is 0 Å². The second-order valence-electron chi connectivity index (χ2n) is 6.10. The lowest BCUT2D eigenvalue weighted by molar-refractivity contribution is 0.655. The van der Waals surface area contributed by atoms with Crippen LogP contribution in [-0.2, 0) is 0 Å². The molecule has 0 aliphatic rings. The number of halogens is 2. The maximum Gasteiger partial charge on any atom is 0.488 e. The summed E-state index contributed by atoms with van der Waals surface area (Å²) in [7, 11) is -4.99. The van der Waals surface area contributed by atoms with Crippen LogP contribution in [0.15, 0.2) is 97.3 Å². The Labute approximate surface area is 157 Å². The third-order valence-electron chi connectivity index (χ3n) is 4.41. The van der Waals surface area contributed by atoms with Crippen molar-refractivity contribution in [2.24, 2.45) is 0 Å². The fourth-order valence-electron chi connectivity index (χ4n) is 3.15. The van der Waals surface area contributed by atoms with E-state index in [4.69, 9.17) is 0 Å². The average molecular weight is 374 g/mol. The van der Waals surface area contributed by atoms with Crippen molar-refractivity contribution in [2.75, 3.05) is 0 Å².